The van der Waals surface area contributed by atoms with Gasteiger partial charge in [0.1, 0.15) is 73.2 Å². The average Bonchev–Trinajstić information content (AvgIpc) is 3.23. The summed E-state index contributed by atoms with van der Waals surface area (Å²) in [6.45, 7) is -4.26. The second kappa shape index (κ2) is 26.3. The Bertz CT molecular complexity index is 1220. The number of amides is 3. The first-order chi connectivity index (χ1) is 28.6. The Kier molecular flexibility index (Phi) is 22.8. The zero-order valence-electron chi connectivity index (χ0n) is 32.9. The Balaban J connectivity index is 1.64. The first-order valence-corrected chi connectivity index (χ1v) is 19.6. The Morgan fingerprint density at radius 1 is 0.533 bits per heavy atom. The van der Waals surface area contributed by atoms with Crippen molar-refractivity contribution in [2.45, 2.75) is 117 Å². The SMILES string of the molecule is NCCCC[C@@H](C(=O)NCCO[C@H]1O[C@H](CO)[C@@H](O)[C@H](O)[C@@H]1O)N(CC(=O)NCCO[C@H]1O[C@H](CO)[C@@H](O)[C@H](O)[C@@H]1O)CC(=O)NCCO[C@H]1O[C@H](CO)[C@@H](O)[C@H](O)[C@@H]1O. The molecule has 17 N–H and O–H groups in total. The van der Waals surface area contributed by atoms with Crippen molar-refractivity contribution in [3.63, 3.8) is 0 Å². The highest BCUT2D eigenvalue weighted by Crippen LogP contribution is 2.24. The molecule has 3 aliphatic rings. The van der Waals surface area contributed by atoms with E-state index in [1.54, 1.807) is 0 Å². The number of aliphatic hydroxyl groups is 12. The first-order valence-electron chi connectivity index (χ1n) is 19.6. The topological polar surface area (TPSA) is 415 Å². The molecule has 0 spiro atoms. The Morgan fingerprint density at radius 2 is 0.883 bits per heavy atom. The van der Waals surface area contributed by atoms with Gasteiger partial charge in [-0.1, -0.05) is 6.42 Å². The molecule has 26 heteroatoms. The first kappa shape index (κ1) is 52.0. The van der Waals surface area contributed by atoms with Crippen molar-refractivity contribution in [1.29, 1.82) is 0 Å². The number of nitrogens with one attached hydrogen (secondary N) is 3. The second-order valence-corrected chi connectivity index (χ2v) is 14.4. The van der Waals surface area contributed by atoms with E-state index >= 15 is 0 Å². The van der Waals surface area contributed by atoms with Crippen molar-refractivity contribution in [3.05, 3.63) is 0 Å². The number of unbranched alkanes of at least 4 members (excludes halogenated alkanes) is 1. The molecule has 26 nitrogen and oxygen atoms in total. The molecule has 3 amide bonds. The molecule has 3 heterocycles. The molecule has 16 atom stereocenters. The normalized spacial score (nSPS) is 35.2. The van der Waals surface area contributed by atoms with Gasteiger partial charge < -0.3 is 111 Å². The molecule has 3 fully saturated rings. The lowest BCUT2D eigenvalue weighted by molar-refractivity contribution is -0.300. The maximum Gasteiger partial charge on any atom is 0.237 e. The van der Waals surface area contributed by atoms with Gasteiger partial charge in [-0.25, -0.2) is 0 Å². The highest BCUT2D eigenvalue weighted by molar-refractivity contribution is 5.86. The fraction of sp³-hybridized carbons (Fsp3) is 0.912. The van der Waals surface area contributed by atoms with Crippen molar-refractivity contribution in [2.24, 2.45) is 5.73 Å². The van der Waals surface area contributed by atoms with E-state index in [0.717, 1.165) is 0 Å². The lowest BCUT2D eigenvalue weighted by atomic mass is 9.99. The Morgan fingerprint density at radius 3 is 1.22 bits per heavy atom. The average molecular weight is 878 g/mol. The number of rotatable bonds is 25. The van der Waals surface area contributed by atoms with Gasteiger partial charge in [-0.2, -0.15) is 0 Å². The smallest absolute Gasteiger partial charge is 0.237 e. The third-order valence-corrected chi connectivity index (χ3v) is 10.0. The summed E-state index contributed by atoms with van der Waals surface area (Å²) >= 11 is 0. The fourth-order valence-electron chi connectivity index (χ4n) is 6.53. The number of ether oxygens (including phenoxy) is 6. The van der Waals surface area contributed by atoms with E-state index in [0.29, 0.717) is 12.8 Å². The van der Waals surface area contributed by atoms with Gasteiger partial charge in [-0.3, -0.25) is 19.3 Å². The van der Waals surface area contributed by atoms with Gasteiger partial charge in [0.05, 0.1) is 58.8 Å². The monoisotopic (exact) mass is 877 g/mol. The van der Waals surface area contributed by atoms with E-state index in [9.17, 15) is 75.7 Å². The summed E-state index contributed by atoms with van der Waals surface area (Å²) in [5.74, 6) is -2.02. The van der Waals surface area contributed by atoms with Gasteiger partial charge >= 0.3 is 0 Å². The van der Waals surface area contributed by atoms with Crippen LogP contribution in [0.15, 0.2) is 0 Å². The summed E-state index contributed by atoms with van der Waals surface area (Å²) in [6.07, 6.45) is -22.0. The Labute approximate surface area is 344 Å². The van der Waals surface area contributed by atoms with Gasteiger partial charge in [-0.05, 0) is 19.4 Å². The van der Waals surface area contributed by atoms with E-state index in [1.165, 1.54) is 4.90 Å². The summed E-state index contributed by atoms with van der Waals surface area (Å²) in [6, 6.07) is -1.13. The number of aliphatic hydroxyl groups excluding tert-OH is 12. The minimum absolute atomic E-state index is 0.109. The van der Waals surface area contributed by atoms with Gasteiger partial charge in [0.15, 0.2) is 18.9 Å². The second-order valence-electron chi connectivity index (χ2n) is 14.4. The number of nitrogens with two attached hydrogens (primary N) is 1. The van der Waals surface area contributed by atoms with Crippen molar-refractivity contribution >= 4 is 17.7 Å². The largest absolute Gasteiger partial charge is 0.394 e. The van der Waals surface area contributed by atoms with Crippen LogP contribution >= 0.6 is 0 Å². The Hall–Kier alpha value is -2.39. The molecule has 350 valence electrons. The van der Waals surface area contributed by atoms with Crippen molar-refractivity contribution < 1.29 is 104 Å². The molecule has 60 heavy (non-hydrogen) atoms. The van der Waals surface area contributed by atoms with E-state index in [4.69, 9.17) is 34.2 Å². The molecule has 3 aliphatic heterocycles. The maximum atomic E-state index is 13.7. The van der Waals surface area contributed by atoms with Gasteiger partial charge in [-0.15, -0.1) is 0 Å². The van der Waals surface area contributed by atoms with Crippen LogP contribution in [0, 0.1) is 0 Å². The third-order valence-electron chi connectivity index (χ3n) is 10.0. The molecule has 0 bridgehead atoms. The molecule has 0 saturated carbocycles. The van der Waals surface area contributed by atoms with Crippen LogP contribution in [0.3, 0.4) is 0 Å². The number of carbonyl (C=O) groups excluding carboxylic acids is 3. The zero-order valence-corrected chi connectivity index (χ0v) is 32.9. The molecular weight excluding hydrogens is 814 g/mol. The number of nitrogens with zero attached hydrogens (tertiary/aromatic N) is 1. The van der Waals surface area contributed by atoms with E-state index in [1.807, 2.05) is 0 Å². The molecule has 0 aromatic heterocycles. The van der Waals surface area contributed by atoms with Crippen LogP contribution < -0.4 is 21.7 Å². The summed E-state index contributed by atoms with van der Waals surface area (Å²) in [5.41, 5.74) is 5.68. The lowest BCUT2D eigenvalue weighted by Gasteiger charge is -2.39. The number of hydrogen-bond donors (Lipinski definition) is 16. The van der Waals surface area contributed by atoms with Crippen molar-refractivity contribution in [2.75, 3.05) is 78.9 Å². The summed E-state index contributed by atoms with van der Waals surface area (Å²) in [4.78, 5) is 41.4. The molecule has 0 radical (unpaired) electrons. The maximum absolute atomic E-state index is 13.7. The quantitative estimate of drug-likeness (QED) is 0.0379. The van der Waals surface area contributed by atoms with Crippen molar-refractivity contribution in [1.82, 2.24) is 20.9 Å². The molecule has 0 aromatic carbocycles. The van der Waals surface area contributed by atoms with Crippen LogP contribution in [0.1, 0.15) is 19.3 Å². The van der Waals surface area contributed by atoms with Gasteiger partial charge in [0, 0.05) is 19.6 Å². The fourth-order valence-corrected chi connectivity index (χ4v) is 6.53. The predicted octanol–water partition coefficient (Wildman–Crippen LogP) is -10.4. The highest BCUT2D eigenvalue weighted by Gasteiger charge is 2.46. The zero-order chi connectivity index (χ0) is 44.5. The predicted molar refractivity (Wildman–Crippen MR) is 196 cm³/mol. The lowest BCUT2D eigenvalue weighted by Crippen LogP contribution is -2.59. The molecular formula is C34H63N5O21. The summed E-state index contributed by atoms with van der Waals surface area (Å²) in [7, 11) is 0. The minimum atomic E-state index is -1.69. The van der Waals surface area contributed by atoms with Gasteiger partial charge in [0.2, 0.25) is 17.7 Å². The number of hydrogen-bond acceptors (Lipinski definition) is 23. The van der Waals surface area contributed by atoms with Crippen LogP contribution in [0.5, 0.6) is 0 Å². The van der Waals surface area contributed by atoms with Crippen LogP contribution in [0.2, 0.25) is 0 Å². The molecule has 3 saturated heterocycles. The van der Waals surface area contributed by atoms with E-state index < -0.39 is 149 Å². The van der Waals surface area contributed by atoms with Crippen LogP contribution in [-0.2, 0) is 42.8 Å². The molecule has 0 aromatic rings. The van der Waals surface area contributed by atoms with Crippen LogP contribution in [0.4, 0.5) is 0 Å². The van der Waals surface area contributed by atoms with Crippen LogP contribution in [0.25, 0.3) is 0 Å². The molecule has 0 aliphatic carbocycles. The summed E-state index contributed by atoms with van der Waals surface area (Å²) in [5, 5.41) is 127. The van der Waals surface area contributed by atoms with Crippen molar-refractivity contribution in [3.8, 4) is 0 Å². The number of carbonyl (C=O) groups is 3. The molecule has 3 rings (SSSR count). The van der Waals surface area contributed by atoms with E-state index in [-0.39, 0.29) is 52.4 Å². The standard InChI is InChI=1S/C34H63N5O21/c35-4-2-1-3-16(31(54)38-7-10-57-34-30(53)27(50)24(47)19(15-42)60-34)39(11-20(43)36-5-8-55-32-28(51)25(48)22(45)17(13-40)58-32)12-21(44)37-6-9-56-33-29(52)26(49)23(46)18(14-41)59-33/h16-19,22-30,32-34,40-42,45-53H,1-15,35H2,(H,36,43)(H,37,44)(H,38,54)/t16-,17+,18+,19+,22+,23+,24+,25-,26-,27-,28-,29-,30-,32-,33-,34-/m0/s1. The highest BCUT2D eigenvalue weighted by atomic mass is 16.7. The summed E-state index contributed by atoms with van der Waals surface area (Å²) < 4.78 is 32.1. The molecule has 0 unspecified atom stereocenters. The van der Waals surface area contributed by atoms with Crippen LogP contribution in [-0.4, -0.2) is 261 Å². The van der Waals surface area contributed by atoms with E-state index in [2.05, 4.69) is 16.0 Å². The van der Waals surface area contributed by atoms with Gasteiger partial charge in [0.25, 0.3) is 0 Å². The minimum Gasteiger partial charge on any atom is -0.394 e. The third kappa shape index (κ3) is 14.9.